The van der Waals surface area contributed by atoms with Crippen LogP contribution < -0.4 is 5.32 Å². The van der Waals surface area contributed by atoms with Gasteiger partial charge in [0.05, 0.1) is 25.4 Å². The maximum absolute atomic E-state index is 12.6. The van der Waals surface area contributed by atoms with Gasteiger partial charge < -0.3 is 20.3 Å². The van der Waals surface area contributed by atoms with E-state index in [1.54, 1.807) is 0 Å². The fourth-order valence-electron chi connectivity index (χ4n) is 13.5. The molecule has 0 aromatic rings. The molecular weight excluding hydrogens is 1090 g/mol. The summed E-state index contributed by atoms with van der Waals surface area (Å²) in [6.07, 6.45) is 100. The first-order valence-electron chi connectivity index (χ1n) is 41.4. The summed E-state index contributed by atoms with van der Waals surface area (Å²) in [6.45, 7) is 5.02. The molecule has 2 unspecified atom stereocenters. The number of nitrogens with one attached hydrogen (secondary N) is 1. The summed E-state index contributed by atoms with van der Waals surface area (Å²) < 4.78 is 5.52. The number of amides is 1. The highest BCUT2D eigenvalue weighted by Crippen LogP contribution is 2.21. The molecule has 89 heavy (non-hydrogen) atoms. The van der Waals surface area contributed by atoms with Crippen LogP contribution in [-0.2, 0) is 14.3 Å². The number of esters is 1. The number of ether oxygens (including phenoxy) is 1. The van der Waals surface area contributed by atoms with Crippen LogP contribution in [0.1, 0.15) is 483 Å². The minimum atomic E-state index is -0.665. The first-order chi connectivity index (χ1) is 44.0. The molecule has 0 saturated heterocycles. The van der Waals surface area contributed by atoms with Gasteiger partial charge in [-0.2, -0.15) is 0 Å². The molecule has 530 valence electrons. The molecule has 0 aromatic carbocycles. The van der Waals surface area contributed by atoms with Gasteiger partial charge in [-0.25, -0.2) is 0 Å². The van der Waals surface area contributed by atoms with E-state index in [2.05, 4.69) is 31.3 Å². The molecule has 0 saturated carbocycles. The average molecular weight is 1260 g/mol. The highest BCUT2D eigenvalue weighted by atomic mass is 16.5. The van der Waals surface area contributed by atoms with Crippen LogP contribution in [0.5, 0.6) is 0 Å². The van der Waals surface area contributed by atoms with Crippen molar-refractivity contribution in [2.45, 2.75) is 495 Å². The number of carbonyl (C=O) groups is 2. The predicted molar refractivity (Wildman–Crippen MR) is 394 cm³/mol. The van der Waals surface area contributed by atoms with Crippen LogP contribution in [0.4, 0.5) is 0 Å². The van der Waals surface area contributed by atoms with E-state index in [9.17, 15) is 19.8 Å². The van der Waals surface area contributed by atoms with Crippen molar-refractivity contribution in [2.75, 3.05) is 13.2 Å². The van der Waals surface area contributed by atoms with Crippen LogP contribution in [0, 0.1) is 0 Å². The Morgan fingerprint density at radius 2 is 0.528 bits per heavy atom. The minimum Gasteiger partial charge on any atom is -0.466 e. The molecule has 3 N–H and O–H groups in total. The molecule has 0 aliphatic rings. The number of aliphatic hydroxyl groups is 2. The Labute approximate surface area is 559 Å². The third kappa shape index (κ3) is 75.5. The number of allylic oxidation sites excluding steroid dienone is 2. The lowest BCUT2D eigenvalue weighted by atomic mass is 10.0. The molecule has 0 aliphatic carbocycles. The maximum atomic E-state index is 12.6. The molecule has 0 spiro atoms. The molecule has 6 heteroatoms. The minimum absolute atomic E-state index is 0.0225. The Bertz CT molecular complexity index is 1350. The zero-order chi connectivity index (χ0) is 64.2. The van der Waals surface area contributed by atoms with E-state index in [1.807, 2.05) is 0 Å². The number of aliphatic hydroxyl groups excluding tert-OH is 2. The average Bonchev–Trinajstić information content (AvgIpc) is 3.59. The number of hydrogen-bond donors (Lipinski definition) is 3. The first-order valence-corrected chi connectivity index (χ1v) is 41.4. The molecule has 0 bridgehead atoms. The quantitative estimate of drug-likeness (QED) is 0.0320. The van der Waals surface area contributed by atoms with Crippen molar-refractivity contribution in [3.63, 3.8) is 0 Å². The lowest BCUT2D eigenvalue weighted by Gasteiger charge is -2.22. The van der Waals surface area contributed by atoms with Gasteiger partial charge in [0.15, 0.2) is 0 Å². The van der Waals surface area contributed by atoms with Gasteiger partial charge in [0.25, 0.3) is 0 Å². The zero-order valence-corrected chi connectivity index (χ0v) is 61.0. The molecule has 0 heterocycles. The van der Waals surface area contributed by atoms with Crippen molar-refractivity contribution < 1.29 is 24.5 Å². The molecule has 0 aromatic heterocycles. The Balaban J connectivity index is 3.35. The SMILES string of the molecule is CCCCCCCCCCCCCCCCCCCCCCCCCCCC(O)C(CO)NC(=O)CCCCCCCCCCCCCCC/C=C\CCCCCCCCCCCCCCOC(=O)CCCCCCCCCCCCCCCCCCCC. The van der Waals surface area contributed by atoms with Crippen LogP contribution >= 0.6 is 0 Å². The van der Waals surface area contributed by atoms with E-state index < -0.39 is 12.1 Å². The summed E-state index contributed by atoms with van der Waals surface area (Å²) in [4.78, 5) is 24.7. The molecule has 2 atom stereocenters. The largest absolute Gasteiger partial charge is 0.466 e. The Morgan fingerprint density at radius 3 is 0.798 bits per heavy atom. The number of hydrogen-bond acceptors (Lipinski definition) is 5. The van der Waals surface area contributed by atoms with Crippen molar-refractivity contribution in [2.24, 2.45) is 0 Å². The Hall–Kier alpha value is -1.40. The number of rotatable bonds is 79. The predicted octanol–water partition coefficient (Wildman–Crippen LogP) is 27.4. The van der Waals surface area contributed by atoms with Crippen molar-refractivity contribution >= 4 is 11.9 Å². The molecule has 6 nitrogen and oxygen atoms in total. The first kappa shape index (κ1) is 87.6. The smallest absolute Gasteiger partial charge is 0.305 e. The summed E-state index contributed by atoms with van der Waals surface area (Å²) in [5.74, 6) is -0.00515. The molecule has 1 amide bonds. The second-order valence-corrected chi connectivity index (χ2v) is 28.8. The molecule has 0 rings (SSSR count). The lowest BCUT2D eigenvalue weighted by Crippen LogP contribution is -2.45. The zero-order valence-electron chi connectivity index (χ0n) is 61.0. The van der Waals surface area contributed by atoms with Crippen molar-refractivity contribution in [1.29, 1.82) is 0 Å². The van der Waals surface area contributed by atoms with Crippen LogP contribution in [0.15, 0.2) is 12.2 Å². The Kier molecular flexibility index (Phi) is 77.8. The van der Waals surface area contributed by atoms with E-state index in [-0.39, 0.29) is 18.5 Å². The number of carbonyl (C=O) groups excluding carboxylic acids is 2. The normalized spacial score (nSPS) is 12.4. The standard InChI is InChI=1S/C83H163NO5/c1-3-5-7-9-11-13-15-17-19-21-23-24-25-31-34-37-40-43-47-51-55-59-63-67-71-75-81(86)80(79-85)84-82(87)76-72-68-64-60-56-52-48-44-41-38-35-32-29-27-26-28-30-33-36-39-42-46-50-54-58-62-66-70-74-78-89-83(88)77-73-69-65-61-57-53-49-45-22-20-18-16-14-12-10-8-6-4-2/h26,28,80-81,85-86H,3-25,27,29-79H2,1-2H3,(H,84,87)/b28-26-. The second kappa shape index (κ2) is 79.0. The van der Waals surface area contributed by atoms with E-state index in [0.29, 0.717) is 25.9 Å². The third-order valence-electron chi connectivity index (χ3n) is 19.8. The van der Waals surface area contributed by atoms with Gasteiger partial charge in [-0.3, -0.25) is 9.59 Å². The fraction of sp³-hybridized carbons (Fsp3) is 0.952. The van der Waals surface area contributed by atoms with E-state index in [0.717, 1.165) is 38.5 Å². The van der Waals surface area contributed by atoms with Gasteiger partial charge >= 0.3 is 5.97 Å². The van der Waals surface area contributed by atoms with Gasteiger partial charge in [-0.1, -0.05) is 431 Å². The highest BCUT2D eigenvalue weighted by molar-refractivity contribution is 5.76. The van der Waals surface area contributed by atoms with Gasteiger partial charge in [0, 0.05) is 12.8 Å². The van der Waals surface area contributed by atoms with Crippen molar-refractivity contribution in [3.8, 4) is 0 Å². The second-order valence-electron chi connectivity index (χ2n) is 28.8. The number of unbranched alkanes of at least 4 members (excludes halogenated alkanes) is 66. The van der Waals surface area contributed by atoms with Crippen LogP contribution in [0.2, 0.25) is 0 Å². The van der Waals surface area contributed by atoms with Crippen molar-refractivity contribution in [3.05, 3.63) is 12.2 Å². The van der Waals surface area contributed by atoms with Crippen molar-refractivity contribution in [1.82, 2.24) is 5.32 Å². The van der Waals surface area contributed by atoms with E-state index in [1.165, 1.54) is 411 Å². The molecule has 0 aliphatic heterocycles. The third-order valence-corrected chi connectivity index (χ3v) is 19.8. The molecule has 0 radical (unpaired) electrons. The lowest BCUT2D eigenvalue weighted by molar-refractivity contribution is -0.143. The summed E-state index contributed by atoms with van der Waals surface area (Å²) in [5, 5.41) is 23.5. The summed E-state index contributed by atoms with van der Waals surface area (Å²) in [6, 6.07) is -0.542. The molecular formula is C83H163NO5. The fourth-order valence-corrected chi connectivity index (χ4v) is 13.5. The van der Waals surface area contributed by atoms with E-state index >= 15 is 0 Å². The summed E-state index contributed by atoms with van der Waals surface area (Å²) in [5.41, 5.74) is 0. The maximum Gasteiger partial charge on any atom is 0.305 e. The van der Waals surface area contributed by atoms with Gasteiger partial charge in [-0.05, 0) is 51.4 Å². The topological polar surface area (TPSA) is 95.9 Å². The van der Waals surface area contributed by atoms with Gasteiger partial charge in [-0.15, -0.1) is 0 Å². The van der Waals surface area contributed by atoms with E-state index in [4.69, 9.17) is 4.74 Å². The summed E-state index contributed by atoms with van der Waals surface area (Å²) >= 11 is 0. The van der Waals surface area contributed by atoms with Crippen LogP contribution in [-0.4, -0.2) is 47.4 Å². The molecule has 0 fully saturated rings. The Morgan fingerprint density at radius 1 is 0.303 bits per heavy atom. The van der Waals surface area contributed by atoms with Gasteiger partial charge in [0.2, 0.25) is 5.91 Å². The van der Waals surface area contributed by atoms with Gasteiger partial charge in [0.1, 0.15) is 0 Å². The summed E-state index contributed by atoms with van der Waals surface area (Å²) in [7, 11) is 0. The van der Waals surface area contributed by atoms with Crippen LogP contribution in [0.25, 0.3) is 0 Å². The van der Waals surface area contributed by atoms with Crippen LogP contribution in [0.3, 0.4) is 0 Å². The highest BCUT2D eigenvalue weighted by Gasteiger charge is 2.20. The monoisotopic (exact) mass is 1250 g/mol.